The summed E-state index contributed by atoms with van der Waals surface area (Å²) >= 11 is 0. The van der Waals surface area contributed by atoms with Gasteiger partial charge in [-0.05, 0) is 25.7 Å². The Morgan fingerprint density at radius 2 is 1.71 bits per heavy atom. The summed E-state index contributed by atoms with van der Waals surface area (Å²) in [5.74, 6) is 0. The minimum absolute atomic E-state index is 0.221. The summed E-state index contributed by atoms with van der Waals surface area (Å²) in [6, 6.07) is -0.221. The first kappa shape index (κ1) is 9.09. The monoisotopic (exact) mass is 199 g/mol. The molecule has 1 saturated carbocycles. The maximum absolute atomic E-state index is 9.81. The van der Waals surface area contributed by atoms with E-state index in [1.165, 1.54) is 0 Å². The molecule has 4 nitrogen and oxygen atoms in total. The second-order valence-electron chi connectivity index (χ2n) is 5.03. The zero-order chi connectivity index (χ0) is 9.92. The second-order valence-corrected chi connectivity index (χ2v) is 5.03. The molecule has 1 spiro atoms. The van der Waals surface area contributed by atoms with Crippen molar-refractivity contribution in [2.24, 2.45) is 0 Å². The van der Waals surface area contributed by atoms with Gasteiger partial charge in [-0.1, -0.05) is 0 Å². The van der Waals surface area contributed by atoms with Crippen LogP contribution >= 0.6 is 0 Å². The van der Waals surface area contributed by atoms with Crippen LogP contribution in [0.4, 0.5) is 0 Å². The molecule has 0 bridgehead atoms. The van der Waals surface area contributed by atoms with Crippen LogP contribution in [0.1, 0.15) is 25.7 Å². The van der Waals surface area contributed by atoms with Crippen molar-refractivity contribution >= 4 is 0 Å². The van der Waals surface area contributed by atoms with E-state index in [0.29, 0.717) is 6.54 Å². The van der Waals surface area contributed by atoms with Crippen LogP contribution in [0.15, 0.2) is 0 Å². The zero-order valence-corrected chi connectivity index (χ0v) is 8.13. The predicted molar refractivity (Wildman–Crippen MR) is 49.7 cm³/mol. The lowest BCUT2D eigenvalue weighted by molar-refractivity contribution is -0.0514. The lowest BCUT2D eigenvalue weighted by Gasteiger charge is -2.41. The van der Waals surface area contributed by atoms with E-state index in [0.717, 1.165) is 25.7 Å². The largest absolute Gasteiger partial charge is 0.391 e. The van der Waals surface area contributed by atoms with Gasteiger partial charge in [0.15, 0.2) is 0 Å². The van der Waals surface area contributed by atoms with Gasteiger partial charge >= 0.3 is 0 Å². The Balaban J connectivity index is 1.89. The molecular weight excluding hydrogens is 182 g/mol. The fourth-order valence-corrected chi connectivity index (χ4v) is 3.20. The van der Waals surface area contributed by atoms with Gasteiger partial charge in [0.05, 0.1) is 24.4 Å². The van der Waals surface area contributed by atoms with Gasteiger partial charge in [-0.3, -0.25) is 4.90 Å². The molecule has 14 heavy (non-hydrogen) atoms. The summed E-state index contributed by atoms with van der Waals surface area (Å²) in [6.45, 7) is 0.531. The number of aliphatic hydroxyl groups is 3. The summed E-state index contributed by atoms with van der Waals surface area (Å²) in [4.78, 5) is 2.15. The molecule has 3 rings (SSSR count). The molecule has 1 aliphatic carbocycles. The summed E-state index contributed by atoms with van der Waals surface area (Å²) in [7, 11) is 0. The van der Waals surface area contributed by atoms with E-state index in [2.05, 4.69) is 4.90 Å². The van der Waals surface area contributed by atoms with Crippen molar-refractivity contribution in [1.29, 1.82) is 0 Å². The van der Waals surface area contributed by atoms with E-state index < -0.39 is 18.3 Å². The standard InChI is InChI=1S/C10H17NO3/c12-6-1-2-10(3-4-10)11-5-7(13)9(14)8(6)11/h6-9,12-14H,1-5H2/t6-,7-,8-,9-/m1/s1. The van der Waals surface area contributed by atoms with Gasteiger partial charge in [0, 0.05) is 12.1 Å². The molecule has 4 heteroatoms. The Labute approximate surface area is 83.1 Å². The Kier molecular flexibility index (Phi) is 1.75. The number of β-amino-alcohol motifs (C(OH)–C–C–N with tert-alkyl or cyclic N) is 1. The normalized spacial score (nSPS) is 50.8. The van der Waals surface area contributed by atoms with E-state index in [1.54, 1.807) is 0 Å². The first-order chi connectivity index (χ1) is 6.64. The van der Waals surface area contributed by atoms with Gasteiger partial charge in [-0.15, -0.1) is 0 Å². The smallest absolute Gasteiger partial charge is 0.0991 e. The van der Waals surface area contributed by atoms with E-state index in [-0.39, 0.29) is 11.6 Å². The van der Waals surface area contributed by atoms with Gasteiger partial charge in [0.25, 0.3) is 0 Å². The number of piperidine rings is 1. The highest BCUT2D eigenvalue weighted by molar-refractivity contribution is 5.15. The third-order valence-corrected chi connectivity index (χ3v) is 4.22. The summed E-state index contributed by atoms with van der Waals surface area (Å²) in [5, 5.41) is 29.2. The predicted octanol–water partition coefficient (Wildman–Crippen LogP) is -0.920. The first-order valence-electron chi connectivity index (χ1n) is 5.45. The number of hydrogen-bond acceptors (Lipinski definition) is 4. The third kappa shape index (κ3) is 1.03. The Hall–Kier alpha value is -0.160. The molecule has 0 radical (unpaired) electrons. The van der Waals surface area contributed by atoms with Gasteiger partial charge in [0.1, 0.15) is 0 Å². The van der Waals surface area contributed by atoms with Crippen LogP contribution in [0.2, 0.25) is 0 Å². The van der Waals surface area contributed by atoms with Gasteiger partial charge in [-0.2, -0.15) is 0 Å². The molecule has 2 aliphatic heterocycles. The fraction of sp³-hybridized carbons (Fsp3) is 1.00. The van der Waals surface area contributed by atoms with Crippen LogP contribution in [0.3, 0.4) is 0 Å². The van der Waals surface area contributed by atoms with Crippen LogP contribution in [0.5, 0.6) is 0 Å². The van der Waals surface area contributed by atoms with Crippen LogP contribution in [-0.4, -0.2) is 56.7 Å². The Morgan fingerprint density at radius 3 is 2.36 bits per heavy atom. The number of fused-ring (bicyclic) bond motifs is 2. The SMILES string of the molecule is O[C@H]1[C@H]2[C@H](O)CCC3(CC3)N2C[C@H]1O. The average Bonchev–Trinajstić information content (AvgIpc) is 2.86. The second kappa shape index (κ2) is 2.70. The van der Waals surface area contributed by atoms with E-state index in [4.69, 9.17) is 0 Å². The highest BCUT2D eigenvalue weighted by Crippen LogP contribution is 2.52. The minimum atomic E-state index is -0.761. The maximum atomic E-state index is 9.81. The van der Waals surface area contributed by atoms with Crippen molar-refractivity contribution in [2.45, 2.75) is 55.6 Å². The molecule has 3 aliphatic rings. The van der Waals surface area contributed by atoms with Crippen LogP contribution < -0.4 is 0 Å². The average molecular weight is 199 g/mol. The van der Waals surface area contributed by atoms with Crippen molar-refractivity contribution in [1.82, 2.24) is 4.90 Å². The Bertz CT molecular complexity index is 254. The molecule has 0 unspecified atom stereocenters. The topological polar surface area (TPSA) is 63.9 Å². The van der Waals surface area contributed by atoms with Gasteiger partial charge in [-0.25, -0.2) is 0 Å². The maximum Gasteiger partial charge on any atom is 0.0991 e. The molecule has 0 amide bonds. The van der Waals surface area contributed by atoms with Crippen molar-refractivity contribution in [2.75, 3.05) is 6.54 Å². The van der Waals surface area contributed by atoms with Crippen molar-refractivity contribution in [3.63, 3.8) is 0 Å². The summed E-state index contributed by atoms with van der Waals surface area (Å²) in [5.41, 5.74) is 0.225. The van der Waals surface area contributed by atoms with Crippen molar-refractivity contribution in [3.05, 3.63) is 0 Å². The quantitative estimate of drug-likeness (QED) is 0.472. The molecule has 0 aromatic carbocycles. The van der Waals surface area contributed by atoms with E-state index >= 15 is 0 Å². The highest BCUT2D eigenvalue weighted by atomic mass is 16.3. The third-order valence-electron chi connectivity index (χ3n) is 4.22. The van der Waals surface area contributed by atoms with Crippen LogP contribution in [-0.2, 0) is 0 Å². The van der Waals surface area contributed by atoms with Gasteiger partial charge < -0.3 is 15.3 Å². The zero-order valence-electron chi connectivity index (χ0n) is 8.13. The number of hydrogen-bond donors (Lipinski definition) is 3. The molecule has 80 valence electrons. The molecule has 3 fully saturated rings. The number of aliphatic hydroxyl groups excluding tert-OH is 3. The minimum Gasteiger partial charge on any atom is -0.391 e. The molecular formula is C10H17NO3. The summed E-state index contributed by atoms with van der Waals surface area (Å²) < 4.78 is 0. The fourth-order valence-electron chi connectivity index (χ4n) is 3.20. The van der Waals surface area contributed by atoms with E-state index in [9.17, 15) is 15.3 Å². The van der Waals surface area contributed by atoms with Crippen LogP contribution in [0.25, 0.3) is 0 Å². The molecule has 0 aromatic heterocycles. The van der Waals surface area contributed by atoms with Crippen molar-refractivity contribution in [3.8, 4) is 0 Å². The molecule has 2 heterocycles. The van der Waals surface area contributed by atoms with Crippen LogP contribution in [0, 0.1) is 0 Å². The molecule has 4 atom stereocenters. The summed E-state index contributed by atoms with van der Waals surface area (Å²) in [6.07, 6.45) is 2.21. The first-order valence-corrected chi connectivity index (χ1v) is 5.45. The van der Waals surface area contributed by atoms with Gasteiger partial charge in [0.2, 0.25) is 0 Å². The number of nitrogens with zero attached hydrogens (tertiary/aromatic N) is 1. The highest BCUT2D eigenvalue weighted by Gasteiger charge is 2.59. The van der Waals surface area contributed by atoms with Crippen molar-refractivity contribution < 1.29 is 15.3 Å². The lowest BCUT2D eigenvalue weighted by Crippen LogP contribution is -2.54. The van der Waals surface area contributed by atoms with E-state index in [1.807, 2.05) is 0 Å². The molecule has 2 saturated heterocycles. The number of rotatable bonds is 0. The molecule has 3 N–H and O–H groups in total. The Morgan fingerprint density at radius 1 is 1.00 bits per heavy atom. The lowest BCUT2D eigenvalue weighted by atomic mass is 9.91. The molecule has 0 aromatic rings.